The quantitative estimate of drug-likeness (QED) is 0.585. The van der Waals surface area contributed by atoms with Crippen LogP contribution in [0.1, 0.15) is 18.5 Å². The van der Waals surface area contributed by atoms with Crippen LogP contribution >= 0.6 is 15.9 Å². The summed E-state index contributed by atoms with van der Waals surface area (Å²) in [6, 6.07) is 7.80. The number of hydrogen-bond acceptors (Lipinski definition) is 4. The number of benzene rings is 2. The number of halogens is 1. The molecule has 2 aromatic carbocycles. The van der Waals surface area contributed by atoms with E-state index in [1.165, 1.54) is 6.07 Å². The van der Waals surface area contributed by atoms with Crippen molar-refractivity contribution in [2.75, 3.05) is 0 Å². The fourth-order valence-electron chi connectivity index (χ4n) is 1.95. The van der Waals surface area contributed by atoms with Gasteiger partial charge in [0.25, 0.3) is 0 Å². The van der Waals surface area contributed by atoms with Crippen LogP contribution in [0.3, 0.4) is 0 Å². The van der Waals surface area contributed by atoms with Crippen molar-refractivity contribution in [3.05, 3.63) is 40.4 Å². The van der Waals surface area contributed by atoms with E-state index in [1.54, 1.807) is 25.1 Å². The van der Waals surface area contributed by atoms with Crippen LogP contribution in [-0.4, -0.2) is 13.0 Å². The molecule has 96 valence electrons. The number of hydrogen-bond donors (Lipinski definition) is 1. The Bertz CT molecular complexity index is 716. The molecule has 0 aliphatic carbocycles. The second kappa shape index (κ2) is 6.22. The average Bonchev–Trinajstić information content (AvgIpc) is 2.25. The van der Waals surface area contributed by atoms with Gasteiger partial charge >= 0.3 is 29.6 Å². The Morgan fingerprint density at radius 1 is 1.26 bits per heavy atom. The SMILES string of the molecule is CC(N)c1cc(Br)cc2c(S(=O)(=O)[O-])cccc12.[Na+]. The summed E-state index contributed by atoms with van der Waals surface area (Å²) in [5, 5.41) is 1.08. The largest absolute Gasteiger partial charge is 1.00 e. The van der Waals surface area contributed by atoms with Crippen molar-refractivity contribution in [3.8, 4) is 0 Å². The van der Waals surface area contributed by atoms with E-state index >= 15 is 0 Å². The summed E-state index contributed by atoms with van der Waals surface area (Å²) in [4.78, 5) is -0.219. The van der Waals surface area contributed by atoms with Gasteiger partial charge in [-0.25, -0.2) is 8.42 Å². The van der Waals surface area contributed by atoms with Crippen molar-refractivity contribution in [1.29, 1.82) is 0 Å². The first-order chi connectivity index (χ1) is 8.30. The zero-order chi connectivity index (χ0) is 13.5. The third-order valence-electron chi connectivity index (χ3n) is 2.71. The van der Waals surface area contributed by atoms with Crippen LogP contribution in [0.15, 0.2) is 39.7 Å². The Kier molecular flexibility index (Phi) is 5.60. The Labute approximate surface area is 142 Å². The van der Waals surface area contributed by atoms with Gasteiger partial charge in [-0.05, 0) is 36.1 Å². The molecule has 0 aromatic heterocycles. The summed E-state index contributed by atoms with van der Waals surface area (Å²) in [7, 11) is -4.50. The molecule has 0 spiro atoms. The maximum absolute atomic E-state index is 11.2. The van der Waals surface area contributed by atoms with Crippen molar-refractivity contribution in [3.63, 3.8) is 0 Å². The van der Waals surface area contributed by atoms with Gasteiger partial charge in [0.15, 0.2) is 0 Å². The van der Waals surface area contributed by atoms with Crippen LogP contribution in [0.2, 0.25) is 0 Å². The van der Waals surface area contributed by atoms with Crippen molar-refractivity contribution in [2.24, 2.45) is 5.73 Å². The standard InChI is InChI=1S/C12H12BrNO3S.Na/c1-7(14)10-5-8(13)6-11-9(10)3-2-4-12(11)18(15,16)17;/h2-7H,14H2,1H3,(H,15,16,17);/q;+1/p-1. The Morgan fingerprint density at radius 2 is 1.89 bits per heavy atom. The van der Waals surface area contributed by atoms with Gasteiger partial charge in [0.05, 0.1) is 4.90 Å². The molecule has 0 amide bonds. The van der Waals surface area contributed by atoms with Gasteiger partial charge in [-0.3, -0.25) is 0 Å². The Morgan fingerprint density at radius 3 is 2.42 bits per heavy atom. The van der Waals surface area contributed by atoms with Crippen LogP contribution < -0.4 is 35.3 Å². The van der Waals surface area contributed by atoms with E-state index in [0.717, 1.165) is 5.56 Å². The third-order valence-corrected chi connectivity index (χ3v) is 4.07. The van der Waals surface area contributed by atoms with E-state index in [1.807, 2.05) is 6.07 Å². The minimum absolute atomic E-state index is 0. The molecule has 0 aliphatic heterocycles. The molecule has 2 aromatic rings. The van der Waals surface area contributed by atoms with Crippen molar-refractivity contribution >= 4 is 36.8 Å². The predicted molar refractivity (Wildman–Crippen MR) is 72.2 cm³/mol. The van der Waals surface area contributed by atoms with Crippen molar-refractivity contribution in [2.45, 2.75) is 17.9 Å². The van der Waals surface area contributed by atoms with E-state index < -0.39 is 10.1 Å². The monoisotopic (exact) mass is 351 g/mol. The number of fused-ring (bicyclic) bond motifs is 1. The average molecular weight is 352 g/mol. The van der Waals surface area contributed by atoms with Crippen LogP contribution in [0, 0.1) is 0 Å². The minimum Gasteiger partial charge on any atom is -0.744 e. The van der Waals surface area contributed by atoms with Gasteiger partial charge in [0.1, 0.15) is 10.1 Å². The molecule has 0 aliphatic rings. The molecule has 1 unspecified atom stereocenters. The predicted octanol–water partition coefficient (Wildman–Crippen LogP) is -0.470. The molecule has 2 rings (SSSR count). The zero-order valence-electron chi connectivity index (χ0n) is 10.6. The molecule has 0 fully saturated rings. The first kappa shape index (κ1) is 17.1. The van der Waals surface area contributed by atoms with Crippen molar-refractivity contribution in [1.82, 2.24) is 0 Å². The van der Waals surface area contributed by atoms with Crippen LogP contribution in [0.4, 0.5) is 0 Å². The molecule has 0 bridgehead atoms. The number of nitrogens with two attached hydrogens (primary N) is 1. The second-order valence-corrected chi connectivity index (χ2v) is 6.35. The van der Waals surface area contributed by atoms with Gasteiger partial charge in [-0.15, -0.1) is 0 Å². The molecule has 7 heteroatoms. The zero-order valence-corrected chi connectivity index (χ0v) is 15.0. The topological polar surface area (TPSA) is 83.2 Å². The Balaban J connectivity index is 0.00000180. The fourth-order valence-corrected chi connectivity index (χ4v) is 3.10. The molecule has 0 heterocycles. The minimum atomic E-state index is -4.50. The summed E-state index contributed by atoms with van der Waals surface area (Å²) in [5.74, 6) is 0. The van der Waals surface area contributed by atoms with E-state index in [2.05, 4.69) is 15.9 Å². The normalized spacial score (nSPS) is 13.1. The molecule has 1 atom stereocenters. The van der Waals surface area contributed by atoms with Gasteiger partial charge in [-0.2, -0.15) is 0 Å². The van der Waals surface area contributed by atoms with Crippen LogP contribution in [0.25, 0.3) is 10.8 Å². The van der Waals surface area contributed by atoms with Gasteiger partial charge in [0.2, 0.25) is 0 Å². The maximum atomic E-state index is 11.2. The fraction of sp³-hybridized carbons (Fsp3) is 0.167. The molecule has 0 radical (unpaired) electrons. The molecule has 0 saturated carbocycles. The molecular weight excluding hydrogens is 341 g/mol. The van der Waals surface area contributed by atoms with Crippen LogP contribution in [-0.2, 0) is 10.1 Å². The molecule has 0 saturated heterocycles. The van der Waals surface area contributed by atoms with Gasteiger partial charge in [0, 0.05) is 15.9 Å². The third kappa shape index (κ3) is 3.58. The van der Waals surface area contributed by atoms with Crippen molar-refractivity contribution < 1.29 is 42.5 Å². The Hall–Kier alpha value is 0.0500. The van der Waals surface area contributed by atoms with E-state index in [0.29, 0.717) is 15.2 Å². The molecule has 19 heavy (non-hydrogen) atoms. The first-order valence-corrected chi connectivity index (χ1v) is 7.44. The molecular formula is C12H11BrNNaO3S. The first-order valence-electron chi connectivity index (χ1n) is 5.24. The van der Waals surface area contributed by atoms with E-state index in [4.69, 9.17) is 5.73 Å². The smallest absolute Gasteiger partial charge is 0.744 e. The summed E-state index contributed by atoms with van der Waals surface area (Å²) in [6.07, 6.45) is 0. The van der Waals surface area contributed by atoms with Gasteiger partial charge in [-0.1, -0.05) is 28.1 Å². The summed E-state index contributed by atoms with van der Waals surface area (Å²) in [6.45, 7) is 1.81. The maximum Gasteiger partial charge on any atom is 1.00 e. The molecule has 2 N–H and O–H groups in total. The summed E-state index contributed by atoms with van der Waals surface area (Å²) in [5.41, 5.74) is 6.66. The second-order valence-electron chi connectivity index (χ2n) is 4.09. The summed E-state index contributed by atoms with van der Waals surface area (Å²) < 4.78 is 34.4. The van der Waals surface area contributed by atoms with E-state index in [9.17, 15) is 13.0 Å². The number of rotatable bonds is 2. The van der Waals surface area contributed by atoms with Crippen LogP contribution in [0.5, 0.6) is 0 Å². The van der Waals surface area contributed by atoms with Gasteiger partial charge < -0.3 is 10.3 Å². The summed E-state index contributed by atoms with van der Waals surface area (Å²) >= 11 is 3.30. The van der Waals surface area contributed by atoms with E-state index in [-0.39, 0.29) is 40.5 Å². The molecule has 4 nitrogen and oxygen atoms in total.